The Balaban J connectivity index is 2.14. The molecule has 0 saturated heterocycles. The Morgan fingerprint density at radius 2 is 2.31 bits per heavy atom. The van der Waals surface area contributed by atoms with Crippen LogP contribution >= 0.6 is 0 Å². The highest BCUT2D eigenvalue weighted by molar-refractivity contribution is 6.33. The van der Waals surface area contributed by atoms with E-state index in [4.69, 9.17) is 4.74 Å². The molecule has 3 heteroatoms. The predicted molar refractivity (Wildman–Crippen MR) is 69.3 cm³/mol. The molecule has 1 heterocycles. The maximum atomic E-state index is 5.48. The third-order valence-electron chi connectivity index (χ3n) is 3.63. The number of hydrogen-bond donors (Lipinski definition) is 1. The molecule has 0 bridgehead atoms. The van der Waals surface area contributed by atoms with Crippen LogP contribution in [0.3, 0.4) is 0 Å². The minimum absolute atomic E-state index is 0.396. The fourth-order valence-electron chi connectivity index (χ4n) is 2.71. The third-order valence-corrected chi connectivity index (χ3v) is 3.63. The van der Waals surface area contributed by atoms with Crippen LogP contribution in [0, 0.1) is 0 Å². The molecule has 1 N–H and O–H groups in total. The summed E-state index contributed by atoms with van der Waals surface area (Å²) in [6.45, 7) is 0. The van der Waals surface area contributed by atoms with E-state index in [1.54, 1.807) is 0 Å². The van der Waals surface area contributed by atoms with Gasteiger partial charge in [-0.25, -0.2) is 0 Å². The smallest absolute Gasteiger partial charge is 0.139 e. The van der Waals surface area contributed by atoms with E-state index in [2.05, 4.69) is 31.0 Å². The Morgan fingerprint density at radius 3 is 3.12 bits per heavy atom. The van der Waals surface area contributed by atoms with Crippen molar-refractivity contribution in [1.29, 1.82) is 0 Å². The zero-order valence-electron chi connectivity index (χ0n) is 9.84. The second-order valence-corrected chi connectivity index (χ2v) is 4.73. The molecule has 2 aromatic rings. The van der Waals surface area contributed by atoms with Crippen LogP contribution < -0.4 is 5.46 Å². The van der Waals surface area contributed by atoms with Gasteiger partial charge in [-0.15, -0.1) is 0 Å². The highest BCUT2D eigenvalue weighted by Gasteiger charge is 2.21. The van der Waals surface area contributed by atoms with Gasteiger partial charge in [0.05, 0.1) is 6.10 Å². The summed E-state index contributed by atoms with van der Waals surface area (Å²) >= 11 is 0. The number of ether oxygens (including phenoxy) is 1. The molecule has 0 aliphatic heterocycles. The number of rotatable bonds is 1. The zero-order valence-corrected chi connectivity index (χ0v) is 9.84. The SMILES string of the molecule is Bc1ccc2c3c([nH]c2c1)CCC(OC)C3. The van der Waals surface area contributed by atoms with Crippen LogP contribution in [0.5, 0.6) is 0 Å². The van der Waals surface area contributed by atoms with Crippen molar-refractivity contribution in [2.45, 2.75) is 25.4 Å². The fourth-order valence-corrected chi connectivity index (χ4v) is 2.71. The summed E-state index contributed by atoms with van der Waals surface area (Å²) in [4.78, 5) is 3.55. The molecule has 0 amide bonds. The van der Waals surface area contributed by atoms with Gasteiger partial charge in [-0.2, -0.15) is 0 Å². The standard InChI is InChI=1S/C13H16BNO/c1-16-9-3-5-12-11(7-9)10-4-2-8(14)6-13(10)15-12/h2,4,6,9,15H,3,5,7,14H2,1H3. The number of hydrogen-bond acceptors (Lipinski definition) is 1. The molecule has 1 aliphatic carbocycles. The zero-order chi connectivity index (χ0) is 11.1. The maximum absolute atomic E-state index is 5.48. The Hall–Kier alpha value is -1.22. The normalized spacial score (nSPS) is 19.9. The molecule has 16 heavy (non-hydrogen) atoms. The van der Waals surface area contributed by atoms with Crippen LogP contribution in [-0.2, 0) is 17.6 Å². The van der Waals surface area contributed by atoms with E-state index in [1.165, 1.54) is 27.6 Å². The van der Waals surface area contributed by atoms with Gasteiger partial charge in [0.1, 0.15) is 7.85 Å². The Kier molecular flexibility index (Phi) is 2.29. The van der Waals surface area contributed by atoms with Crippen LogP contribution in [-0.4, -0.2) is 26.0 Å². The first-order valence-corrected chi connectivity index (χ1v) is 5.91. The maximum Gasteiger partial charge on any atom is 0.139 e. The molecule has 1 unspecified atom stereocenters. The number of aromatic nitrogens is 1. The lowest BCUT2D eigenvalue weighted by Crippen LogP contribution is -2.20. The van der Waals surface area contributed by atoms with E-state index >= 15 is 0 Å². The molecule has 82 valence electrons. The van der Waals surface area contributed by atoms with E-state index in [9.17, 15) is 0 Å². The van der Waals surface area contributed by atoms with Crippen LogP contribution in [0.2, 0.25) is 0 Å². The Bertz CT molecular complexity index is 532. The lowest BCUT2D eigenvalue weighted by atomic mass is 9.91. The molecule has 1 aliphatic rings. The predicted octanol–water partition coefficient (Wildman–Crippen LogP) is 0.930. The van der Waals surface area contributed by atoms with Crippen molar-refractivity contribution in [3.05, 3.63) is 29.5 Å². The quantitative estimate of drug-likeness (QED) is 0.700. The molecular weight excluding hydrogens is 197 g/mol. The third kappa shape index (κ3) is 1.47. The average Bonchev–Trinajstić information content (AvgIpc) is 2.65. The van der Waals surface area contributed by atoms with Gasteiger partial charge in [-0.05, 0) is 24.5 Å². The highest BCUT2D eigenvalue weighted by Crippen LogP contribution is 2.29. The van der Waals surface area contributed by atoms with E-state index in [0.717, 1.165) is 19.3 Å². The number of aromatic amines is 1. The van der Waals surface area contributed by atoms with E-state index < -0.39 is 0 Å². The summed E-state index contributed by atoms with van der Waals surface area (Å²) in [6, 6.07) is 6.65. The monoisotopic (exact) mass is 213 g/mol. The van der Waals surface area contributed by atoms with E-state index in [-0.39, 0.29) is 0 Å². The largest absolute Gasteiger partial charge is 0.381 e. The van der Waals surface area contributed by atoms with Gasteiger partial charge in [0.15, 0.2) is 0 Å². The molecule has 0 radical (unpaired) electrons. The van der Waals surface area contributed by atoms with Crippen LogP contribution in [0.4, 0.5) is 0 Å². The molecule has 0 fully saturated rings. The van der Waals surface area contributed by atoms with Crippen molar-refractivity contribution in [2.24, 2.45) is 0 Å². The van der Waals surface area contributed by atoms with Gasteiger partial charge in [0.25, 0.3) is 0 Å². The first-order chi connectivity index (χ1) is 7.78. The Labute approximate surface area is 96.4 Å². The van der Waals surface area contributed by atoms with Crippen molar-refractivity contribution < 1.29 is 4.74 Å². The van der Waals surface area contributed by atoms with E-state index in [0.29, 0.717) is 6.10 Å². The molecular formula is C13H16BNO. The minimum atomic E-state index is 0.396. The molecule has 1 aromatic carbocycles. The summed E-state index contributed by atoms with van der Waals surface area (Å²) in [6.07, 6.45) is 3.69. The van der Waals surface area contributed by atoms with Crippen molar-refractivity contribution in [3.8, 4) is 0 Å². The molecule has 3 rings (SSSR count). The second-order valence-electron chi connectivity index (χ2n) is 4.73. The van der Waals surface area contributed by atoms with Gasteiger partial charge in [-0.1, -0.05) is 17.6 Å². The number of aryl methyl sites for hydroxylation is 1. The molecule has 2 nitrogen and oxygen atoms in total. The molecule has 1 aromatic heterocycles. The summed E-state index contributed by atoms with van der Waals surface area (Å²) in [7, 11) is 3.95. The van der Waals surface area contributed by atoms with Gasteiger partial charge >= 0.3 is 0 Å². The number of methoxy groups -OCH3 is 1. The molecule has 0 saturated carbocycles. The van der Waals surface area contributed by atoms with E-state index in [1.807, 2.05) is 7.11 Å². The van der Waals surface area contributed by atoms with Crippen molar-refractivity contribution >= 4 is 24.2 Å². The first-order valence-electron chi connectivity index (χ1n) is 5.91. The number of H-pyrrole nitrogens is 1. The van der Waals surface area contributed by atoms with Crippen molar-refractivity contribution in [2.75, 3.05) is 7.11 Å². The number of nitrogens with one attached hydrogen (secondary N) is 1. The van der Waals surface area contributed by atoms with Crippen molar-refractivity contribution in [3.63, 3.8) is 0 Å². The topological polar surface area (TPSA) is 25.0 Å². The van der Waals surface area contributed by atoms with Crippen molar-refractivity contribution in [1.82, 2.24) is 4.98 Å². The van der Waals surface area contributed by atoms with Crippen LogP contribution in [0.25, 0.3) is 10.9 Å². The van der Waals surface area contributed by atoms with Gasteiger partial charge in [-0.3, -0.25) is 0 Å². The van der Waals surface area contributed by atoms with Gasteiger partial charge in [0, 0.05) is 30.1 Å². The lowest BCUT2D eigenvalue weighted by Gasteiger charge is -2.20. The summed E-state index contributed by atoms with van der Waals surface area (Å²) in [5.41, 5.74) is 5.47. The lowest BCUT2D eigenvalue weighted by molar-refractivity contribution is 0.0911. The average molecular weight is 213 g/mol. The first kappa shape index (κ1) is 9.97. The van der Waals surface area contributed by atoms with Crippen LogP contribution in [0.1, 0.15) is 17.7 Å². The summed E-state index contributed by atoms with van der Waals surface area (Å²) < 4.78 is 5.48. The Morgan fingerprint density at radius 1 is 1.44 bits per heavy atom. The summed E-state index contributed by atoms with van der Waals surface area (Å²) in [5, 5.41) is 1.38. The number of fused-ring (bicyclic) bond motifs is 3. The molecule has 1 atom stereocenters. The van der Waals surface area contributed by atoms with Gasteiger partial charge in [0.2, 0.25) is 0 Å². The minimum Gasteiger partial charge on any atom is -0.381 e. The van der Waals surface area contributed by atoms with Crippen LogP contribution in [0.15, 0.2) is 18.2 Å². The van der Waals surface area contributed by atoms with Gasteiger partial charge < -0.3 is 9.72 Å². The number of benzene rings is 1. The highest BCUT2D eigenvalue weighted by atomic mass is 16.5. The molecule has 0 spiro atoms. The second kappa shape index (κ2) is 3.67. The fraction of sp³-hybridized carbons (Fsp3) is 0.385. The summed E-state index contributed by atoms with van der Waals surface area (Å²) in [5.74, 6) is 0.